The summed E-state index contributed by atoms with van der Waals surface area (Å²) in [5, 5.41) is 15.1. The minimum atomic E-state index is -1.74. The van der Waals surface area contributed by atoms with Crippen molar-refractivity contribution >= 4 is 27.6 Å². The Bertz CT molecular complexity index is 1060. The quantitative estimate of drug-likeness (QED) is 0.354. The topological polar surface area (TPSA) is 100 Å². The van der Waals surface area contributed by atoms with Crippen LogP contribution in [0.25, 0.3) is 0 Å². The fourth-order valence-electron chi connectivity index (χ4n) is 2.97. The first-order chi connectivity index (χ1) is 13.4. The van der Waals surface area contributed by atoms with Crippen LogP contribution in [0.1, 0.15) is 41.7 Å². The third-order valence-electron chi connectivity index (χ3n) is 4.24. The Labute approximate surface area is 163 Å². The molecule has 2 atom stereocenters. The maximum absolute atomic E-state index is 12.6. The van der Waals surface area contributed by atoms with Gasteiger partial charge in [-0.25, -0.2) is 14.5 Å². The lowest BCUT2D eigenvalue weighted by atomic mass is 10.0. The number of nitro benzene ring substituents is 1. The summed E-state index contributed by atoms with van der Waals surface area (Å²) in [4.78, 5) is 27.0. The summed E-state index contributed by atoms with van der Waals surface area (Å²) in [7, 11) is 0. The number of benzene rings is 2. The van der Waals surface area contributed by atoms with E-state index in [9.17, 15) is 14.9 Å². The maximum atomic E-state index is 12.6. The molecule has 9 heteroatoms. The summed E-state index contributed by atoms with van der Waals surface area (Å²) in [5.74, 6) is -0.548. The molecular formula is C18H13BrN4O4. The van der Waals surface area contributed by atoms with Gasteiger partial charge in [-0.15, -0.1) is 5.10 Å². The lowest BCUT2D eigenvalue weighted by Crippen LogP contribution is -2.10. The molecule has 0 radical (unpaired) electrons. The van der Waals surface area contributed by atoms with Crippen LogP contribution in [0.3, 0.4) is 0 Å². The number of nitro groups is 1. The molecule has 3 aromatic rings. The Morgan fingerprint density at radius 1 is 1.26 bits per heavy atom. The molecule has 0 aliphatic carbocycles. The van der Waals surface area contributed by atoms with Crippen LogP contribution in [0.15, 0.2) is 59.3 Å². The van der Waals surface area contributed by atoms with E-state index in [2.05, 4.69) is 26.0 Å². The normalized spacial score (nSPS) is 21.4. The van der Waals surface area contributed by atoms with Crippen LogP contribution in [-0.2, 0) is 4.74 Å². The minimum Gasteiger partial charge on any atom is -0.450 e. The van der Waals surface area contributed by atoms with Crippen LogP contribution in [0.4, 0.5) is 5.69 Å². The van der Waals surface area contributed by atoms with E-state index in [1.54, 1.807) is 4.68 Å². The van der Waals surface area contributed by atoms with Crippen LogP contribution in [-0.4, -0.2) is 25.7 Å². The van der Waals surface area contributed by atoms with Crippen molar-refractivity contribution in [1.29, 1.82) is 0 Å². The molecule has 4 rings (SSSR count). The van der Waals surface area contributed by atoms with Gasteiger partial charge in [0.15, 0.2) is 11.9 Å². The molecule has 27 heavy (non-hydrogen) atoms. The largest absolute Gasteiger partial charge is 0.450 e. The number of hydrogen-bond acceptors (Lipinski definition) is 6. The van der Waals surface area contributed by atoms with Gasteiger partial charge < -0.3 is 4.74 Å². The van der Waals surface area contributed by atoms with Crippen molar-refractivity contribution in [3.05, 3.63) is 86.4 Å². The number of hydrogen-bond donors (Lipinski definition) is 0. The Hall–Kier alpha value is -3.07. The molecule has 0 saturated carbocycles. The summed E-state index contributed by atoms with van der Waals surface area (Å²) in [6.45, 7) is 0. The summed E-state index contributed by atoms with van der Waals surface area (Å²) >= 11 is 3.21. The lowest BCUT2D eigenvalue weighted by Gasteiger charge is -2.13. The Morgan fingerprint density at radius 3 is 2.63 bits per heavy atom. The second kappa shape index (κ2) is 6.92. The molecule has 1 aromatic heterocycles. The highest BCUT2D eigenvalue weighted by Gasteiger charge is 2.37. The highest BCUT2D eigenvalue weighted by molar-refractivity contribution is 9.10. The highest BCUT2D eigenvalue weighted by atomic mass is 79.9. The maximum Gasteiger partial charge on any atom is 0.338 e. The first-order valence-electron chi connectivity index (χ1n) is 8.53. The molecule has 0 bridgehead atoms. The molecule has 1 aliphatic heterocycles. The number of aromatic nitrogens is 3. The van der Waals surface area contributed by atoms with Crippen molar-refractivity contribution in [3.63, 3.8) is 0 Å². The smallest absolute Gasteiger partial charge is 0.338 e. The predicted molar refractivity (Wildman–Crippen MR) is 98.2 cm³/mol. The van der Waals surface area contributed by atoms with Gasteiger partial charge in [0.25, 0.3) is 5.69 Å². The number of non-ortho nitro benzene ring substituents is 1. The van der Waals surface area contributed by atoms with Crippen molar-refractivity contribution in [2.24, 2.45) is 0 Å². The third-order valence-corrected chi connectivity index (χ3v) is 4.58. The number of carbonyl (C=O) groups excluding carboxylic acids is 1. The summed E-state index contributed by atoms with van der Waals surface area (Å²) in [6.07, 6.45) is -1.59. The van der Waals surface area contributed by atoms with E-state index in [0.29, 0.717) is 4.73 Å². The number of fused-ring (bicyclic) bond motifs is 1. The second-order valence-electron chi connectivity index (χ2n) is 5.90. The molecule has 2 heterocycles. The number of rotatable bonds is 4. The van der Waals surface area contributed by atoms with Crippen LogP contribution in [0, 0.1) is 10.1 Å². The monoisotopic (exact) mass is 429 g/mol. The Kier molecular flexibility index (Phi) is 4.13. The Balaban J connectivity index is 1.63. The van der Waals surface area contributed by atoms with Gasteiger partial charge in [-0.2, -0.15) is 0 Å². The van der Waals surface area contributed by atoms with Gasteiger partial charge in [-0.05, 0) is 33.6 Å². The van der Waals surface area contributed by atoms with E-state index in [-0.39, 0.29) is 29.5 Å². The molecule has 0 unspecified atom stereocenters. The lowest BCUT2D eigenvalue weighted by molar-refractivity contribution is -0.384. The first-order valence-corrected chi connectivity index (χ1v) is 8.82. The summed E-state index contributed by atoms with van der Waals surface area (Å²) in [6, 6.07) is 14.2. The number of ether oxygens (including phenoxy) is 1. The highest BCUT2D eigenvalue weighted by Crippen LogP contribution is 2.40. The predicted octanol–water partition coefficient (Wildman–Crippen LogP) is 3.84. The molecule has 8 nitrogen and oxygen atoms in total. The van der Waals surface area contributed by atoms with Crippen molar-refractivity contribution in [2.45, 2.75) is 18.5 Å². The molecule has 0 N–H and O–H groups in total. The number of nitrogens with zero attached hydrogens (tertiary/aromatic N) is 4. The van der Waals surface area contributed by atoms with E-state index in [4.69, 9.17) is 6.11 Å². The zero-order valence-electron chi connectivity index (χ0n) is 14.8. The van der Waals surface area contributed by atoms with Gasteiger partial charge in [-0.3, -0.25) is 10.1 Å². The number of carbonyl (C=O) groups is 1. The van der Waals surface area contributed by atoms with E-state index in [1.165, 1.54) is 24.3 Å². The molecule has 1 aliphatic rings. The number of halogens is 1. The van der Waals surface area contributed by atoms with Gasteiger partial charge >= 0.3 is 5.97 Å². The average Bonchev–Trinajstić information content (AvgIpc) is 3.19. The third kappa shape index (κ3) is 3.33. The van der Waals surface area contributed by atoms with Crippen LogP contribution < -0.4 is 0 Å². The van der Waals surface area contributed by atoms with Gasteiger partial charge in [0.05, 0.1) is 17.9 Å². The Morgan fingerprint density at radius 2 is 1.96 bits per heavy atom. The van der Waals surface area contributed by atoms with Crippen LogP contribution >= 0.6 is 15.9 Å². The van der Waals surface area contributed by atoms with Crippen molar-refractivity contribution in [1.82, 2.24) is 14.8 Å². The first kappa shape index (κ1) is 16.1. The standard InChI is InChI=1S/C18H13BrN4O4/c19-18-20-16-15(10-14(22(16)21-18)11-4-2-1-3-5-11)27-17(24)12-6-8-13(9-7-12)23(25)26/h1-9,14-15H,10H2/t14-,15+/m0/s1/i15D. The average molecular weight is 430 g/mol. The minimum absolute atomic E-state index is 0.116. The summed E-state index contributed by atoms with van der Waals surface area (Å²) < 4.78 is 16.1. The van der Waals surface area contributed by atoms with E-state index in [1.807, 2.05) is 30.3 Å². The van der Waals surface area contributed by atoms with Crippen molar-refractivity contribution in [2.75, 3.05) is 0 Å². The fraction of sp³-hybridized carbons (Fsp3) is 0.167. The summed E-state index contributed by atoms with van der Waals surface area (Å²) in [5.41, 5.74) is 0.901. The van der Waals surface area contributed by atoms with Gasteiger partial charge in [0.1, 0.15) is 0 Å². The zero-order chi connectivity index (χ0) is 19.9. The molecule has 0 saturated heterocycles. The molecular weight excluding hydrogens is 416 g/mol. The van der Waals surface area contributed by atoms with E-state index in [0.717, 1.165) is 5.56 Å². The van der Waals surface area contributed by atoms with Crippen LogP contribution in [0.5, 0.6) is 0 Å². The fourth-order valence-corrected chi connectivity index (χ4v) is 3.31. The van der Waals surface area contributed by atoms with Gasteiger partial charge in [-0.1, -0.05) is 30.3 Å². The molecule has 0 amide bonds. The zero-order valence-corrected chi connectivity index (χ0v) is 15.4. The van der Waals surface area contributed by atoms with E-state index < -0.39 is 17.0 Å². The molecule has 136 valence electrons. The van der Waals surface area contributed by atoms with E-state index >= 15 is 0 Å². The molecule has 2 aromatic carbocycles. The molecule has 0 spiro atoms. The van der Waals surface area contributed by atoms with Gasteiger partial charge in [0.2, 0.25) is 4.73 Å². The van der Waals surface area contributed by atoms with Crippen molar-refractivity contribution < 1.29 is 15.8 Å². The van der Waals surface area contributed by atoms with Crippen LogP contribution in [0.2, 0.25) is 0 Å². The molecule has 0 fully saturated rings. The van der Waals surface area contributed by atoms with Crippen molar-refractivity contribution in [3.8, 4) is 0 Å². The SMILES string of the molecule is [2H][C@@]1(OC(=O)c2ccc([N+](=O)[O-])cc2)C[C@@H](c2ccccc2)n2nc(Br)nc21. The number of esters is 1. The second-order valence-corrected chi connectivity index (χ2v) is 6.61. The van der Waals surface area contributed by atoms with Gasteiger partial charge in [0, 0.05) is 18.6 Å².